The number of hydrogen-bond acceptors (Lipinski definition) is 3. The van der Waals surface area contributed by atoms with Crippen molar-refractivity contribution in [2.45, 2.75) is 6.67 Å². The zero-order valence-corrected chi connectivity index (χ0v) is 7.87. The Morgan fingerprint density at radius 1 is 1.64 bits per heavy atom. The summed E-state index contributed by atoms with van der Waals surface area (Å²) in [5.74, 6) is 0.0697. The molecular formula is C8H6FNO3P+. The summed E-state index contributed by atoms with van der Waals surface area (Å²) in [6, 6.07) is 5.69. The molecule has 0 saturated carbocycles. The minimum Gasteiger partial charge on any atom is -0.246 e. The topological polar surface area (TPSA) is 70.3 Å². The van der Waals surface area contributed by atoms with Crippen LogP contribution in [-0.2, 0) is 11.2 Å². The second-order valence-electron chi connectivity index (χ2n) is 2.39. The van der Waals surface area contributed by atoms with Crippen LogP contribution in [0.3, 0.4) is 0 Å². The van der Waals surface area contributed by atoms with Crippen molar-refractivity contribution in [3.8, 4) is 11.8 Å². The van der Waals surface area contributed by atoms with Crippen molar-refractivity contribution in [2.75, 3.05) is 0 Å². The highest BCUT2D eigenvalue weighted by molar-refractivity contribution is 7.32. The van der Waals surface area contributed by atoms with Crippen molar-refractivity contribution in [3.63, 3.8) is 0 Å². The van der Waals surface area contributed by atoms with E-state index in [1.807, 2.05) is 0 Å². The van der Waals surface area contributed by atoms with Gasteiger partial charge in [-0.05, 0) is 18.2 Å². The van der Waals surface area contributed by atoms with Gasteiger partial charge in [-0.25, -0.2) is 8.91 Å². The van der Waals surface area contributed by atoms with Crippen LogP contribution in [0.25, 0.3) is 0 Å². The Hall–Kier alpha value is -1.50. The largest absolute Gasteiger partial charge is 0.747 e. The Morgan fingerprint density at radius 2 is 2.36 bits per heavy atom. The summed E-state index contributed by atoms with van der Waals surface area (Å²) in [5.41, 5.74) is 0.329. The summed E-state index contributed by atoms with van der Waals surface area (Å²) in [6.45, 7) is -0.817. The van der Waals surface area contributed by atoms with E-state index < -0.39 is 14.9 Å². The smallest absolute Gasteiger partial charge is 0.246 e. The Bertz CT molecular complexity index is 402. The van der Waals surface area contributed by atoms with Gasteiger partial charge >= 0.3 is 8.25 Å². The lowest BCUT2D eigenvalue weighted by Gasteiger charge is -1.98. The van der Waals surface area contributed by atoms with Gasteiger partial charge in [0.25, 0.3) is 0 Å². The molecular weight excluding hydrogens is 208 g/mol. The first-order chi connectivity index (χ1) is 6.67. The number of halogens is 1. The first-order valence-electron chi connectivity index (χ1n) is 3.60. The van der Waals surface area contributed by atoms with E-state index in [0.29, 0.717) is 0 Å². The summed E-state index contributed by atoms with van der Waals surface area (Å²) >= 11 is 0. The zero-order valence-electron chi connectivity index (χ0n) is 6.98. The maximum Gasteiger partial charge on any atom is 0.747 e. The lowest BCUT2D eigenvalue weighted by atomic mass is 10.1. The molecule has 0 aliphatic carbocycles. The molecule has 72 valence electrons. The van der Waals surface area contributed by atoms with E-state index in [4.69, 9.17) is 10.2 Å². The number of alkyl halides is 1. The summed E-state index contributed by atoms with van der Waals surface area (Å²) in [4.78, 5) is 8.42. The second-order valence-corrected chi connectivity index (χ2v) is 3.05. The third-order valence-corrected chi connectivity index (χ3v) is 1.89. The maximum absolute atomic E-state index is 12.3. The molecule has 0 aliphatic heterocycles. The maximum atomic E-state index is 12.3. The van der Waals surface area contributed by atoms with Crippen molar-refractivity contribution < 1.29 is 18.4 Å². The molecule has 14 heavy (non-hydrogen) atoms. The zero-order chi connectivity index (χ0) is 10.6. The van der Waals surface area contributed by atoms with Crippen molar-refractivity contribution >= 4 is 8.25 Å². The van der Waals surface area contributed by atoms with Crippen LogP contribution in [0.4, 0.5) is 4.39 Å². The van der Waals surface area contributed by atoms with Gasteiger partial charge in [0, 0.05) is 10.1 Å². The molecule has 6 heteroatoms. The Balaban J connectivity index is 3.03. The lowest BCUT2D eigenvalue weighted by molar-refractivity contribution is 0.409. The molecule has 1 N–H and O–H groups in total. The highest BCUT2D eigenvalue weighted by Crippen LogP contribution is 2.25. The number of rotatable bonds is 3. The minimum atomic E-state index is -2.76. The van der Waals surface area contributed by atoms with Crippen molar-refractivity contribution in [1.82, 2.24) is 0 Å². The summed E-state index contributed by atoms with van der Waals surface area (Å²) < 4.78 is 27.1. The van der Waals surface area contributed by atoms with Gasteiger partial charge in [-0.2, -0.15) is 5.26 Å². The van der Waals surface area contributed by atoms with Gasteiger partial charge in [0.1, 0.15) is 6.67 Å². The molecule has 1 aromatic carbocycles. The SMILES string of the molecule is N#Cc1ccc(O[P+](=O)O)cc1CF. The van der Waals surface area contributed by atoms with E-state index in [1.165, 1.54) is 18.2 Å². The summed E-state index contributed by atoms with van der Waals surface area (Å²) in [6.07, 6.45) is 0. The van der Waals surface area contributed by atoms with Crippen LogP contribution in [0.15, 0.2) is 18.2 Å². The fraction of sp³-hybridized carbons (Fsp3) is 0.125. The molecule has 0 aliphatic rings. The fourth-order valence-corrected chi connectivity index (χ4v) is 1.23. The van der Waals surface area contributed by atoms with Crippen LogP contribution < -0.4 is 4.52 Å². The van der Waals surface area contributed by atoms with E-state index in [-0.39, 0.29) is 16.9 Å². The summed E-state index contributed by atoms with van der Waals surface area (Å²) in [5, 5.41) is 8.56. The molecule has 0 aromatic heterocycles. The quantitative estimate of drug-likeness (QED) is 0.781. The van der Waals surface area contributed by atoms with Crippen LogP contribution >= 0.6 is 8.25 Å². The number of benzene rings is 1. The number of nitrogens with zero attached hydrogens (tertiary/aromatic N) is 1. The van der Waals surface area contributed by atoms with Crippen molar-refractivity contribution in [2.24, 2.45) is 0 Å². The predicted molar refractivity (Wildman–Crippen MR) is 46.4 cm³/mol. The molecule has 1 rings (SSSR count). The molecule has 1 aromatic rings. The first-order valence-corrected chi connectivity index (χ1v) is 4.73. The Labute approximate surface area is 80.5 Å². The van der Waals surface area contributed by atoms with Gasteiger partial charge in [0.15, 0.2) is 5.75 Å². The highest BCUT2D eigenvalue weighted by Gasteiger charge is 2.15. The minimum absolute atomic E-state index is 0.0697. The third kappa shape index (κ3) is 2.49. The monoisotopic (exact) mass is 214 g/mol. The van der Waals surface area contributed by atoms with Gasteiger partial charge in [-0.1, -0.05) is 0 Å². The Morgan fingerprint density at radius 3 is 2.86 bits per heavy atom. The molecule has 0 saturated heterocycles. The average molecular weight is 214 g/mol. The molecule has 1 atom stereocenters. The Kier molecular flexibility index (Phi) is 3.52. The predicted octanol–water partition coefficient (Wildman–Crippen LogP) is 2.06. The van der Waals surface area contributed by atoms with Gasteiger partial charge in [0.2, 0.25) is 0 Å². The highest BCUT2D eigenvalue weighted by atomic mass is 31.1. The van der Waals surface area contributed by atoms with Crippen LogP contribution in [0.1, 0.15) is 11.1 Å². The van der Waals surface area contributed by atoms with E-state index in [1.54, 1.807) is 6.07 Å². The van der Waals surface area contributed by atoms with Crippen molar-refractivity contribution in [3.05, 3.63) is 29.3 Å². The second kappa shape index (κ2) is 4.66. The fourth-order valence-electron chi connectivity index (χ4n) is 0.937. The van der Waals surface area contributed by atoms with Crippen LogP contribution in [0.5, 0.6) is 5.75 Å². The lowest BCUT2D eigenvalue weighted by Crippen LogP contribution is -1.88. The molecule has 0 radical (unpaired) electrons. The number of hydrogen-bond donors (Lipinski definition) is 1. The standard InChI is InChI=1S/C8H5FNO3P/c9-4-7-3-8(13-14(11)12)2-1-6(7)5-10/h1-3H,4H2/p+1. The van der Waals surface area contributed by atoms with E-state index >= 15 is 0 Å². The number of nitriles is 1. The van der Waals surface area contributed by atoms with Crippen LogP contribution in [0, 0.1) is 11.3 Å². The first kappa shape index (κ1) is 10.6. The van der Waals surface area contributed by atoms with Crippen LogP contribution in [-0.4, -0.2) is 4.89 Å². The molecule has 4 nitrogen and oxygen atoms in total. The average Bonchev–Trinajstić information content (AvgIpc) is 2.16. The van der Waals surface area contributed by atoms with E-state index in [2.05, 4.69) is 4.52 Å². The molecule has 0 amide bonds. The summed E-state index contributed by atoms with van der Waals surface area (Å²) in [7, 11) is -2.76. The van der Waals surface area contributed by atoms with Crippen molar-refractivity contribution in [1.29, 1.82) is 5.26 Å². The van der Waals surface area contributed by atoms with E-state index in [0.717, 1.165) is 0 Å². The molecule has 1 unspecified atom stereocenters. The third-order valence-electron chi connectivity index (χ3n) is 1.52. The molecule has 0 fully saturated rings. The van der Waals surface area contributed by atoms with Gasteiger partial charge in [0.05, 0.1) is 11.6 Å². The molecule has 0 heterocycles. The van der Waals surface area contributed by atoms with Gasteiger partial charge < -0.3 is 0 Å². The molecule has 0 bridgehead atoms. The normalized spacial score (nSPS) is 10.5. The van der Waals surface area contributed by atoms with Gasteiger partial charge in [-0.3, -0.25) is 0 Å². The van der Waals surface area contributed by atoms with Crippen LogP contribution in [0.2, 0.25) is 0 Å². The van der Waals surface area contributed by atoms with Gasteiger partial charge in [-0.15, -0.1) is 4.89 Å². The van der Waals surface area contributed by atoms with E-state index in [9.17, 15) is 8.96 Å². The molecule has 0 spiro atoms.